The number of nitrogens with one attached hydrogen (secondary N) is 1. The molecule has 8 nitrogen and oxygen atoms in total. The number of benzene rings is 3. The molecule has 2 heterocycles. The van der Waals surface area contributed by atoms with E-state index in [0.717, 1.165) is 33.5 Å². The van der Waals surface area contributed by atoms with Crippen molar-refractivity contribution < 1.29 is 14.2 Å². The second-order valence-corrected chi connectivity index (χ2v) is 7.32. The van der Waals surface area contributed by atoms with Gasteiger partial charge in [0, 0.05) is 10.9 Å². The minimum absolute atomic E-state index is 0.364. The average molecular weight is 470 g/mol. The van der Waals surface area contributed by atoms with Gasteiger partial charge in [0.05, 0.1) is 18.3 Å². The third-order valence-corrected chi connectivity index (χ3v) is 5.10. The number of hydrogen-bond acceptors (Lipinski definition) is 7. The van der Waals surface area contributed by atoms with Gasteiger partial charge in [0.25, 0.3) is 0 Å². The molecule has 35 heavy (non-hydrogen) atoms. The molecule has 0 saturated heterocycles. The zero-order valence-corrected chi connectivity index (χ0v) is 19.9. The fourth-order valence-corrected chi connectivity index (χ4v) is 3.44. The summed E-state index contributed by atoms with van der Waals surface area (Å²) in [5.74, 6) is 2.46. The molecule has 2 aromatic heterocycles. The number of ether oxygens (including phenoxy) is 3. The lowest BCUT2D eigenvalue weighted by Crippen LogP contribution is -2.01. The molecule has 178 valence electrons. The molecule has 0 radical (unpaired) electrons. The predicted octanol–water partition coefficient (Wildman–Crippen LogP) is 5.61. The van der Waals surface area contributed by atoms with E-state index in [-0.39, 0.29) is 0 Å². The van der Waals surface area contributed by atoms with Crippen molar-refractivity contribution in [1.82, 2.24) is 25.6 Å². The second kappa shape index (κ2) is 11.6. The van der Waals surface area contributed by atoms with Crippen LogP contribution in [0.3, 0.4) is 0 Å². The van der Waals surface area contributed by atoms with Gasteiger partial charge in [-0.25, -0.2) is 4.98 Å². The first-order chi connectivity index (χ1) is 17.3. The van der Waals surface area contributed by atoms with Crippen molar-refractivity contribution in [3.8, 4) is 28.6 Å². The molecule has 1 N–H and O–H groups in total. The Morgan fingerprint density at radius 3 is 2.51 bits per heavy atom. The van der Waals surface area contributed by atoms with Crippen LogP contribution in [0, 0.1) is 0 Å². The Labute approximate surface area is 203 Å². The number of aromatic amines is 1. The predicted molar refractivity (Wildman–Crippen MR) is 134 cm³/mol. The number of H-pyrrole nitrogens is 1. The Kier molecular flexibility index (Phi) is 7.85. The molecule has 0 bridgehead atoms. The molecule has 0 unspecified atom stereocenters. The normalized spacial score (nSPS) is 10.4. The van der Waals surface area contributed by atoms with Crippen molar-refractivity contribution in [3.63, 3.8) is 0 Å². The van der Waals surface area contributed by atoms with Crippen molar-refractivity contribution in [3.05, 3.63) is 90.1 Å². The minimum Gasteiger partial charge on any atom is -0.493 e. The minimum atomic E-state index is 0.364. The Morgan fingerprint density at radius 2 is 1.69 bits per heavy atom. The molecule has 0 atom stereocenters. The summed E-state index contributed by atoms with van der Waals surface area (Å²) in [7, 11) is 1.59. The third kappa shape index (κ3) is 5.92. The number of fused-ring (bicyclic) bond motifs is 1. The van der Waals surface area contributed by atoms with Gasteiger partial charge in [-0.05, 0) is 53.2 Å². The van der Waals surface area contributed by atoms with Crippen molar-refractivity contribution in [2.45, 2.75) is 27.1 Å². The summed E-state index contributed by atoms with van der Waals surface area (Å²) in [6.45, 7) is 4.75. The number of pyridine rings is 1. The lowest BCUT2D eigenvalue weighted by Gasteiger charge is -2.12. The van der Waals surface area contributed by atoms with Gasteiger partial charge < -0.3 is 14.2 Å². The van der Waals surface area contributed by atoms with Gasteiger partial charge in [-0.3, -0.25) is 0 Å². The van der Waals surface area contributed by atoms with E-state index in [4.69, 9.17) is 14.2 Å². The molecule has 0 aliphatic heterocycles. The Hall–Kier alpha value is -4.46. The molecule has 5 aromatic rings. The van der Waals surface area contributed by atoms with Gasteiger partial charge in [-0.15, -0.1) is 10.2 Å². The van der Waals surface area contributed by atoms with E-state index in [1.165, 1.54) is 0 Å². The topological polar surface area (TPSA) is 95.0 Å². The van der Waals surface area contributed by atoms with Crippen LogP contribution in [-0.2, 0) is 13.2 Å². The molecule has 3 aromatic carbocycles. The quantitative estimate of drug-likeness (QED) is 0.316. The standard InChI is InChI=1S/C25H21N5O3.C2H6/c1-31-24-14-19(25-27-29-30-28-25)10-12-23(24)33-15-17-5-4-7-21(13-17)32-16-20-11-9-18-6-2-3-8-22(18)26-20;1-2/h2-14H,15-16H2,1H3,(H,27,28,29,30);1-2H3. The first-order valence-electron chi connectivity index (χ1n) is 11.4. The molecule has 5 rings (SSSR count). The van der Waals surface area contributed by atoms with Crippen molar-refractivity contribution in [2.24, 2.45) is 0 Å². The van der Waals surface area contributed by atoms with Crippen LogP contribution >= 0.6 is 0 Å². The van der Waals surface area contributed by atoms with Gasteiger partial charge in [-0.1, -0.05) is 50.2 Å². The maximum atomic E-state index is 6.00. The summed E-state index contributed by atoms with van der Waals surface area (Å²) in [6, 6.07) is 25.4. The van der Waals surface area contributed by atoms with Gasteiger partial charge in [0.15, 0.2) is 11.5 Å². The number of methoxy groups -OCH3 is 1. The van der Waals surface area contributed by atoms with Crippen LogP contribution in [0.15, 0.2) is 78.9 Å². The van der Waals surface area contributed by atoms with Crippen molar-refractivity contribution in [2.75, 3.05) is 7.11 Å². The third-order valence-electron chi connectivity index (χ3n) is 5.10. The highest BCUT2D eigenvalue weighted by molar-refractivity contribution is 5.78. The largest absolute Gasteiger partial charge is 0.493 e. The van der Waals surface area contributed by atoms with Crippen molar-refractivity contribution >= 4 is 10.9 Å². The lowest BCUT2D eigenvalue weighted by atomic mass is 10.2. The highest BCUT2D eigenvalue weighted by Crippen LogP contribution is 2.32. The Bertz CT molecular complexity index is 1370. The maximum Gasteiger partial charge on any atom is 0.204 e. The molecular weight excluding hydrogens is 442 g/mol. The van der Waals surface area contributed by atoms with E-state index in [1.807, 2.05) is 86.6 Å². The van der Waals surface area contributed by atoms with E-state index in [9.17, 15) is 0 Å². The highest BCUT2D eigenvalue weighted by atomic mass is 16.5. The number of hydrogen-bond donors (Lipinski definition) is 1. The highest BCUT2D eigenvalue weighted by Gasteiger charge is 2.10. The van der Waals surface area contributed by atoms with E-state index in [0.29, 0.717) is 30.5 Å². The summed E-state index contributed by atoms with van der Waals surface area (Å²) < 4.78 is 17.4. The molecule has 8 heteroatoms. The smallest absolute Gasteiger partial charge is 0.204 e. The summed E-state index contributed by atoms with van der Waals surface area (Å²) >= 11 is 0. The van der Waals surface area contributed by atoms with Crippen LogP contribution < -0.4 is 14.2 Å². The van der Waals surface area contributed by atoms with Gasteiger partial charge >= 0.3 is 0 Å². The van der Waals surface area contributed by atoms with Crippen molar-refractivity contribution in [1.29, 1.82) is 0 Å². The summed E-state index contributed by atoms with van der Waals surface area (Å²) in [4.78, 5) is 4.65. The van der Waals surface area contributed by atoms with Gasteiger partial charge in [0.2, 0.25) is 5.82 Å². The zero-order chi connectivity index (χ0) is 24.5. The summed E-state index contributed by atoms with van der Waals surface area (Å²) in [5, 5.41) is 15.1. The fraction of sp³-hybridized carbons (Fsp3) is 0.185. The number of aromatic nitrogens is 5. The molecule has 0 aliphatic rings. The van der Waals surface area contributed by atoms with Crippen LogP contribution in [-0.4, -0.2) is 32.7 Å². The molecule has 0 saturated carbocycles. The summed E-state index contributed by atoms with van der Waals surface area (Å²) in [5.41, 5.74) is 3.59. The first kappa shape index (κ1) is 23.7. The average Bonchev–Trinajstić information content (AvgIpc) is 3.47. The number of para-hydroxylation sites is 1. The molecule has 0 amide bonds. The zero-order valence-electron chi connectivity index (χ0n) is 19.9. The SMILES string of the molecule is CC.COc1cc(-c2nn[nH]n2)ccc1OCc1cccc(OCc2ccc3ccccc3n2)c1. The van der Waals surface area contributed by atoms with E-state index in [1.54, 1.807) is 7.11 Å². The van der Waals surface area contributed by atoms with E-state index < -0.39 is 0 Å². The molecule has 0 fully saturated rings. The second-order valence-electron chi connectivity index (χ2n) is 7.32. The number of rotatable bonds is 8. The summed E-state index contributed by atoms with van der Waals surface area (Å²) in [6.07, 6.45) is 0. The fourth-order valence-electron chi connectivity index (χ4n) is 3.44. The molecule has 0 spiro atoms. The van der Waals surface area contributed by atoms with Crippen LogP contribution in [0.1, 0.15) is 25.1 Å². The maximum absolute atomic E-state index is 6.00. The lowest BCUT2D eigenvalue weighted by molar-refractivity contribution is 0.280. The Balaban J connectivity index is 0.00000141. The first-order valence-corrected chi connectivity index (χ1v) is 11.4. The molecule has 0 aliphatic carbocycles. The molecular formula is C27H27N5O3. The van der Waals surface area contributed by atoms with Crippen LogP contribution in [0.25, 0.3) is 22.3 Å². The van der Waals surface area contributed by atoms with Crippen LogP contribution in [0.2, 0.25) is 0 Å². The number of nitrogens with zero attached hydrogens (tertiary/aromatic N) is 4. The van der Waals surface area contributed by atoms with E-state index >= 15 is 0 Å². The monoisotopic (exact) mass is 469 g/mol. The van der Waals surface area contributed by atoms with Gasteiger partial charge in [0.1, 0.15) is 19.0 Å². The van der Waals surface area contributed by atoms with Crippen LogP contribution in [0.4, 0.5) is 0 Å². The van der Waals surface area contributed by atoms with Gasteiger partial charge in [-0.2, -0.15) is 5.21 Å². The van der Waals surface area contributed by atoms with Crippen LogP contribution in [0.5, 0.6) is 17.2 Å². The number of tetrazole rings is 1. The van der Waals surface area contributed by atoms with E-state index in [2.05, 4.69) is 31.7 Å². The Morgan fingerprint density at radius 1 is 0.800 bits per heavy atom.